The molecule has 2 atom stereocenters. The summed E-state index contributed by atoms with van der Waals surface area (Å²) >= 11 is 0. The summed E-state index contributed by atoms with van der Waals surface area (Å²) in [6, 6.07) is 6.04. The van der Waals surface area contributed by atoms with Gasteiger partial charge in [0.1, 0.15) is 5.78 Å². The molecule has 3 rings (SSSR count). The number of nitrogens with zero attached hydrogens (tertiary/aromatic N) is 1. The minimum atomic E-state index is -0.00347. The van der Waals surface area contributed by atoms with Crippen molar-refractivity contribution in [2.45, 2.75) is 57.1 Å². The summed E-state index contributed by atoms with van der Waals surface area (Å²) in [6.07, 6.45) is 3.24. The predicted molar refractivity (Wildman–Crippen MR) is 85.4 cm³/mol. The lowest BCUT2D eigenvalue weighted by atomic mass is 9.66. The molecule has 120 valence electrons. The smallest absolute Gasteiger partial charge is 0.161 e. The first-order valence-electron chi connectivity index (χ1n) is 8.14. The van der Waals surface area contributed by atoms with E-state index in [0.717, 1.165) is 24.9 Å². The van der Waals surface area contributed by atoms with E-state index in [9.17, 15) is 9.90 Å². The molecule has 0 amide bonds. The highest BCUT2D eigenvalue weighted by Gasteiger charge is 2.50. The van der Waals surface area contributed by atoms with Crippen LogP contribution in [-0.4, -0.2) is 41.5 Å². The Morgan fingerprint density at radius 2 is 2.14 bits per heavy atom. The number of likely N-dealkylation sites (tertiary alicyclic amines) is 1. The summed E-state index contributed by atoms with van der Waals surface area (Å²) < 4.78 is 5.62. The maximum Gasteiger partial charge on any atom is 0.161 e. The molecule has 22 heavy (non-hydrogen) atoms. The second-order valence-electron chi connectivity index (χ2n) is 6.99. The molecule has 2 fully saturated rings. The standard InChI is InChI=1S/C18H25NO3/c1-12(2)22-16-5-4-13(10-15(16)21)18-7-6-14(20)11-17(18)19(3)9-8-18/h4-5,10,12,17,21H,6-9,11H2,1-3H3/t17-,18-/m0/s1. The highest BCUT2D eigenvalue weighted by atomic mass is 16.5. The fourth-order valence-corrected chi connectivity index (χ4v) is 4.10. The van der Waals surface area contributed by atoms with Crippen molar-refractivity contribution in [3.8, 4) is 11.5 Å². The molecular formula is C18H25NO3. The van der Waals surface area contributed by atoms with Crippen molar-refractivity contribution in [2.24, 2.45) is 0 Å². The van der Waals surface area contributed by atoms with Crippen molar-refractivity contribution >= 4 is 5.78 Å². The maximum atomic E-state index is 11.9. The third-order valence-electron chi connectivity index (χ3n) is 5.25. The number of fused-ring (bicyclic) bond motifs is 1. The van der Waals surface area contributed by atoms with Gasteiger partial charge < -0.3 is 14.7 Å². The van der Waals surface area contributed by atoms with Crippen LogP contribution >= 0.6 is 0 Å². The number of rotatable bonds is 3. The fraction of sp³-hybridized carbons (Fsp3) is 0.611. The summed E-state index contributed by atoms with van der Waals surface area (Å²) in [4.78, 5) is 14.2. The molecule has 4 heteroatoms. The number of likely N-dealkylation sites (N-methyl/N-ethyl adjacent to an activating group) is 1. The van der Waals surface area contributed by atoms with Gasteiger partial charge in [-0.25, -0.2) is 0 Å². The van der Waals surface area contributed by atoms with Gasteiger partial charge in [-0.2, -0.15) is 0 Å². The van der Waals surface area contributed by atoms with Crippen LogP contribution in [0.4, 0.5) is 0 Å². The minimum Gasteiger partial charge on any atom is -0.504 e. The van der Waals surface area contributed by atoms with Gasteiger partial charge in [-0.05, 0) is 58.0 Å². The Labute approximate surface area is 132 Å². The van der Waals surface area contributed by atoms with E-state index in [1.807, 2.05) is 26.0 Å². The van der Waals surface area contributed by atoms with Gasteiger partial charge in [-0.15, -0.1) is 0 Å². The van der Waals surface area contributed by atoms with Crippen molar-refractivity contribution in [1.82, 2.24) is 4.90 Å². The van der Waals surface area contributed by atoms with Crippen molar-refractivity contribution in [1.29, 1.82) is 0 Å². The number of phenolic OH excluding ortho intramolecular Hbond substituents is 1. The molecule has 0 aromatic heterocycles. The van der Waals surface area contributed by atoms with Gasteiger partial charge in [0, 0.05) is 24.3 Å². The number of benzene rings is 1. The monoisotopic (exact) mass is 303 g/mol. The van der Waals surface area contributed by atoms with Gasteiger partial charge in [0.25, 0.3) is 0 Å². The highest BCUT2D eigenvalue weighted by Crippen LogP contribution is 2.48. The van der Waals surface area contributed by atoms with Gasteiger partial charge in [0.05, 0.1) is 6.10 Å². The van der Waals surface area contributed by atoms with Crippen LogP contribution in [0, 0.1) is 0 Å². The molecular weight excluding hydrogens is 278 g/mol. The number of phenols is 1. The van der Waals surface area contributed by atoms with Crippen LogP contribution in [0.25, 0.3) is 0 Å². The molecule has 0 radical (unpaired) electrons. The summed E-state index contributed by atoms with van der Waals surface area (Å²) in [5.74, 6) is 1.09. The molecule has 1 saturated heterocycles. The highest BCUT2D eigenvalue weighted by molar-refractivity contribution is 5.81. The lowest BCUT2D eigenvalue weighted by molar-refractivity contribution is -0.122. The zero-order valence-corrected chi connectivity index (χ0v) is 13.6. The van der Waals surface area contributed by atoms with Crippen molar-refractivity contribution in [3.05, 3.63) is 23.8 Å². The average Bonchev–Trinajstić information content (AvgIpc) is 2.79. The first kappa shape index (κ1) is 15.3. The molecule has 1 saturated carbocycles. The molecule has 1 aliphatic carbocycles. The van der Waals surface area contributed by atoms with Crippen LogP contribution in [0.15, 0.2) is 18.2 Å². The van der Waals surface area contributed by atoms with E-state index in [1.54, 1.807) is 0 Å². The minimum absolute atomic E-state index is 0.00347. The molecule has 2 aliphatic rings. The van der Waals surface area contributed by atoms with Crippen LogP contribution in [-0.2, 0) is 10.2 Å². The number of aromatic hydroxyl groups is 1. The first-order valence-corrected chi connectivity index (χ1v) is 8.14. The van der Waals surface area contributed by atoms with E-state index in [4.69, 9.17) is 4.74 Å². The number of carbonyl (C=O) groups is 1. The van der Waals surface area contributed by atoms with E-state index in [-0.39, 0.29) is 23.3 Å². The number of ether oxygens (including phenoxy) is 1. The Kier molecular flexibility index (Phi) is 3.89. The molecule has 1 heterocycles. The maximum absolute atomic E-state index is 11.9. The van der Waals surface area contributed by atoms with E-state index in [0.29, 0.717) is 24.4 Å². The number of carbonyl (C=O) groups excluding carboxylic acids is 1. The number of ketones is 1. The SMILES string of the molecule is CC(C)Oc1ccc([C@@]23CCC(=O)C[C@@H]2N(C)CC3)cc1O. The summed E-state index contributed by atoms with van der Waals surface area (Å²) in [5.41, 5.74) is 1.14. The molecule has 1 aliphatic heterocycles. The van der Waals surface area contributed by atoms with Gasteiger partial charge >= 0.3 is 0 Å². The molecule has 1 aromatic carbocycles. The van der Waals surface area contributed by atoms with Crippen LogP contribution < -0.4 is 4.74 Å². The third kappa shape index (κ3) is 2.50. The zero-order valence-electron chi connectivity index (χ0n) is 13.6. The molecule has 0 spiro atoms. The molecule has 1 N–H and O–H groups in total. The largest absolute Gasteiger partial charge is 0.504 e. The third-order valence-corrected chi connectivity index (χ3v) is 5.25. The van der Waals surface area contributed by atoms with E-state index < -0.39 is 0 Å². The number of hydrogen-bond acceptors (Lipinski definition) is 4. The Morgan fingerprint density at radius 1 is 1.36 bits per heavy atom. The lowest BCUT2D eigenvalue weighted by Gasteiger charge is -2.41. The Balaban J connectivity index is 1.95. The first-order chi connectivity index (χ1) is 10.4. The second-order valence-corrected chi connectivity index (χ2v) is 6.99. The van der Waals surface area contributed by atoms with Gasteiger partial charge in [-0.3, -0.25) is 4.79 Å². The normalized spacial score (nSPS) is 28.9. The lowest BCUT2D eigenvalue weighted by Crippen LogP contribution is -2.46. The molecule has 0 unspecified atom stereocenters. The molecule has 4 nitrogen and oxygen atoms in total. The van der Waals surface area contributed by atoms with Crippen LogP contribution in [0.5, 0.6) is 11.5 Å². The summed E-state index contributed by atoms with van der Waals surface area (Å²) in [5, 5.41) is 10.3. The molecule has 1 aromatic rings. The van der Waals surface area contributed by atoms with Gasteiger partial charge in [-0.1, -0.05) is 6.07 Å². The second kappa shape index (κ2) is 5.58. The van der Waals surface area contributed by atoms with Gasteiger partial charge in [0.15, 0.2) is 11.5 Å². The average molecular weight is 303 g/mol. The van der Waals surface area contributed by atoms with Crippen LogP contribution in [0.2, 0.25) is 0 Å². The van der Waals surface area contributed by atoms with E-state index in [1.165, 1.54) is 0 Å². The Morgan fingerprint density at radius 3 is 2.82 bits per heavy atom. The number of hydrogen-bond donors (Lipinski definition) is 1. The van der Waals surface area contributed by atoms with Gasteiger partial charge in [0.2, 0.25) is 0 Å². The van der Waals surface area contributed by atoms with E-state index in [2.05, 4.69) is 18.0 Å². The van der Waals surface area contributed by atoms with Crippen molar-refractivity contribution < 1.29 is 14.6 Å². The topological polar surface area (TPSA) is 49.8 Å². The number of Topliss-reactive ketones (excluding diaryl/α,β-unsaturated/α-hetero) is 1. The van der Waals surface area contributed by atoms with E-state index >= 15 is 0 Å². The zero-order chi connectivity index (χ0) is 15.9. The molecule has 0 bridgehead atoms. The van der Waals surface area contributed by atoms with Crippen molar-refractivity contribution in [2.75, 3.05) is 13.6 Å². The Bertz CT molecular complexity index is 584. The predicted octanol–water partition coefficient (Wildman–Crippen LogP) is 2.87. The summed E-state index contributed by atoms with van der Waals surface area (Å²) in [7, 11) is 2.10. The van der Waals surface area contributed by atoms with Crippen LogP contribution in [0.3, 0.4) is 0 Å². The fourth-order valence-electron chi connectivity index (χ4n) is 4.10. The van der Waals surface area contributed by atoms with Crippen LogP contribution in [0.1, 0.15) is 45.1 Å². The summed E-state index contributed by atoms with van der Waals surface area (Å²) in [6.45, 7) is 4.89. The quantitative estimate of drug-likeness (QED) is 0.933. The Hall–Kier alpha value is -1.55. The van der Waals surface area contributed by atoms with Crippen molar-refractivity contribution in [3.63, 3.8) is 0 Å².